The molecule has 0 heterocycles. The van der Waals surface area contributed by atoms with Crippen LogP contribution in [-0.4, -0.2) is 30.8 Å². The molecule has 0 radical (unpaired) electrons. The van der Waals surface area contributed by atoms with Gasteiger partial charge in [0.2, 0.25) is 0 Å². The molecule has 0 aliphatic rings. The van der Waals surface area contributed by atoms with Crippen molar-refractivity contribution in [3.63, 3.8) is 0 Å². The molecule has 0 saturated carbocycles. The van der Waals surface area contributed by atoms with E-state index >= 15 is 0 Å². The molecule has 0 unspecified atom stereocenters. The first kappa shape index (κ1) is 15.9. The molecule has 1 aromatic carbocycles. The number of halogens is 2. The summed E-state index contributed by atoms with van der Waals surface area (Å²) in [5.74, 6) is -2.64. The van der Waals surface area contributed by atoms with Gasteiger partial charge in [0.05, 0.1) is 0 Å². The van der Waals surface area contributed by atoms with Crippen molar-refractivity contribution in [1.29, 1.82) is 0 Å². The number of carbonyl (C=O) groups excluding carboxylic acids is 1. The van der Waals surface area contributed by atoms with Gasteiger partial charge >= 0.3 is 0 Å². The number of hydrogen-bond acceptors (Lipinski definition) is 3. The van der Waals surface area contributed by atoms with Crippen LogP contribution in [0.15, 0.2) is 29.2 Å². The molecule has 1 amide bonds. The molecule has 0 aliphatic heterocycles. The van der Waals surface area contributed by atoms with Gasteiger partial charge < -0.3 is 10.6 Å². The van der Waals surface area contributed by atoms with Crippen molar-refractivity contribution in [2.24, 2.45) is 0 Å². The highest BCUT2D eigenvalue weighted by molar-refractivity contribution is 7.99. The van der Waals surface area contributed by atoms with Crippen molar-refractivity contribution in [1.82, 2.24) is 10.6 Å². The van der Waals surface area contributed by atoms with E-state index in [-0.39, 0.29) is 11.9 Å². The highest BCUT2D eigenvalue weighted by atomic mass is 32.2. The van der Waals surface area contributed by atoms with E-state index in [9.17, 15) is 13.6 Å². The van der Waals surface area contributed by atoms with Crippen LogP contribution in [0.1, 0.15) is 24.2 Å². The minimum absolute atomic E-state index is 0.196. The summed E-state index contributed by atoms with van der Waals surface area (Å²) in [6.07, 6.45) is 0. The lowest BCUT2D eigenvalue weighted by molar-refractivity contribution is 0.0950. The summed E-state index contributed by atoms with van der Waals surface area (Å²) in [6.45, 7) is 5.35. The van der Waals surface area contributed by atoms with E-state index in [0.717, 1.165) is 6.54 Å². The van der Waals surface area contributed by atoms with Gasteiger partial charge in [-0.15, -0.1) is 0 Å². The number of likely N-dealkylation sites (N-methyl/N-ethyl adjacent to an activating group) is 1. The van der Waals surface area contributed by atoms with Crippen LogP contribution in [-0.2, 0) is 0 Å². The fraction of sp³-hybridized carbons (Fsp3) is 0.462. The fourth-order valence-corrected chi connectivity index (χ4v) is 2.06. The van der Waals surface area contributed by atoms with Crippen molar-refractivity contribution in [2.45, 2.75) is 30.5 Å². The van der Waals surface area contributed by atoms with E-state index in [1.807, 2.05) is 13.8 Å². The summed E-state index contributed by atoms with van der Waals surface area (Å²) < 4.78 is 24.3. The van der Waals surface area contributed by atoms with Crippen molar-refractivity contribution < 1.29 is 13.6 Å². The molecular weight excluding hydrogens is 270 g/mol. The van der Waals surface area contributed by atoms with E-state index in [2.05, 4.69) is 10.6 Å². The Morgan fingerprint density at radius 3 is 2.47 bits per heavy atom. The molecule has 3 nitrogen and oxygen atoms in total. The zero-order chi connectivity index (χ0) is 14.3. The maximum atomic E-state index is 12.1. The molecule has 1 atom stereocenters. The third-order valence-corrected chi connectivity index (χ3v) is 3.19. The highest BCUT2D eigenvalue weighted by Crippen LogP contribution is 2.24. The third-order valence-electron chi connectivity index (χ3n) is 2.46. The summed E-state index contributed by atoms with van der Waals surface area (Å²) >= 11 is 0.469. The van der Waals surface area contributed by atoms with E-state index < -0.39 is 5.76 Å². The van der Waals surface area contributed by atoms with Crippen molar-refractivity contribution >= 4 is 17.7 Å². The largest absolute Gasteiger partial charge is 0.350 e. The molecule has 6 heteroatoms. The summed E-state index contributed by atoms with van der Waals surface area (Å²) in [5.41, 5.74) is 0.474. The van der Waals surface area contributed by atoms with Gasteiger partial charge in [0.25, 0.3) is 11.7 Å². The van der Waals surface area contributed by atoms with Crippen LogP contribution in [0.5, 0.6) is 0 Å². The number of carbonyl (C=O) groups is 1. The van der Waals surface area contributed by atoms with Gasteiger partial charge in [-0.05, 0) is 37.7 Å². The van der Waals surface area contributed by atoms with Crippen LogP contribution < -0.4 is 10.6 Å². The Labute approximate surface area is 116 Å². The summed E-state index contributed by atoms with van der Waals surface area (Å²) in [7, 11) is 0. The van der Waals surface area contributed by atoms with Crippen LogP contribution in [0.25, 0.3) is 0 Å². The quantitative estimate of drug-likeness (QED) is 0.758. The zero-order valence-corrected chi connectivity index (χ0v) is 11.8. The Balaban J connectivity index is 2.48. The van der Waals surface area contributed by atoms with Crippen LogP contribution in [0.2, 0.25) is 0 Å². The Hall–Kier alpha value is -1.14. The van der Waals surface area contributed by atoms with Crippen LogP contribution in [0.4, 0.5) is 8.78 Å². The normalized spacial score (nSPS) is 12.5. The molecule has 0 saturated heterocycles. The van der Waals surface area contributed by atoms with Gasteiger partial charge in [0, 0.05) is 23.0 Å². The molecule has 1 rings (SSSR count). The van der Waals surface area contributed by atoms with E-state index in [1.54, 1.807) is 12.1 Å². The Bertz CT molecular complexity index is 398. The number of rotatable bonds is 7. The maximum Gasteiger partial charge on any atom is 0.288 e. The predicted octanol–water partition coefficient (Wildman–Crippen LogP) is 2.73. The van der Waals surface area contributed by atoms with Crippen LogP contribution >= 0.6 is 11.8 Å². The van der Waals surface area contributed by atoms with E-state index in [1.165, 1.54) is 12.1 Å². The van der Waals surface area contributed by atoms with Crippen LogP contribution in [0.3, 0.4) is 0 Å². The van der Waals surface area contributed by atoms with Gasteiger partial charge in [0.1, 0.15) is 0 Å². The average molecular weight is 288 g/mol. The van der Waals surface area contributed by atoms with Gasteiger partial charge in [-0.25, -0.2) is 0 Å². The molecule has 0 aromatic heterocycles. The third kappa shape index (κ3) is 6.02. The Kier molecular flexibility index (Phi) is 6.80. The minimum atomic E-state index is -2.44. The monoisotopic (exact) mass is 288 g/mol. The molecule has 0 bridgehead atoms. The zero-order valence-electron chi connectivity index (χ0n) is 11.0. The lowest BCUT2D eigenvalue weighted by atomic mass is 10.2. The van der Waals surface area contributed by atoms with Gasteiger partial charge in [-0.2, -0.15) is 8.78 Å². The van der Waals surface area contributed by atoms with Crippen molar-refractivity contribution in [2.75, 3.05) is 13.1 Å². The summed E-state index contributed by atoms with van der Waals surface area (Å²) in [4.78, 5) is 12.2. The molecule has 0 spiro atoms. The number of amides is 1. The molecule has 19 heavy (non-hydrogen) atoms. The van der Waals surface area contributed by atoms with E-state index in [4.69, 9.17) is 0 Å². The molecule has 1 aromatic rings. The lowest BCUT2D eigenvalue weighted by Gasteiger charge is -2.13. The second-order valence-electron chi connectivity index (χ2n) is 4.07. The second-order valence-corrected chi connectivity index (χ2v) is 5.14. The number of nitrogens with one attached hydrogen (secondary N) is 2. The van der Waals surface area contributed by atoms with Gasteiger partial charge in [-0.3, -0.25) is 4.79 Å². The maximum absolute atomic E-state index is 12.1. The highest BCUT2D eigenvalue weighted by Gasteiger charge is 2.09. The first-order valence-corrected chi connectivity index (χ1v) is 6.97. The Morgan fingerprint density at radius 1 is 1.32 bits per heavy atom. The molecule has 2 N–H and O–H groups in total. The number of hydrogen-bond donors (Lipinski definition) is 2. The van der Waals surface area contributed by atoms with Crippen molar-refractivity contribution in [3.8, 4) is 0 Å². The number of alkyl halides is 2. The fourth-order valence-electron chi connectivity index (χ4n) is 1.56. The van der Waals surface area contributed by atoms with Crippen LogP contribution in [0, 0.1) is 0 Å². The number of benzene rings is 1. The molecular formula is C13H18F2N2OS. The topological polar surface area (TPSA) is 41.1 Å². The number of thioether (sulfide) groups is 1. The molecule has 106 valence electrons. The smallest absolute Gasteiger partial charge is 0.288 e. The van der Waals surface area contributed by atoms with Gasteiger partial charge in [0.15, 0.2) is 0 Å². The molecule has 0 fully saturated rings. The summed E-state index contributed by atoms with van der Waals surface area (Å²) in [6, 6.07) is 6.36. The van der Waals surface area contributed by atoms with Gasteiger partial charge in [-0.1, -0.05) is 18.7 Å². The standard InChI is InChI=1S/C13H18F2N2OS/c1-3-16-9(2)8-17-12(18)10-4-6-11(7-5-10)19-13(14)15/h4-7,9,13,16H,3,8H2,1-2H3,(H,17,18)/t9-/m1/s1. The second kappa shape index (κ2) is 8.12. The summed E-state index contributed by atoms with van der Waals surface area (Å²) in [5, 5.41) is 5.97. The predicted molar refractivity (Wildman–Crippen MR) is 73.8 cm³/mol. The average Bonchev–Trinajstić information content (AvgIpc) is 2.36. The lowest BCUT2D eigenvalue weighted by Crippen LogP contribution is -2.38. The Morgan fingerprint density at radius 2 is 1.95 bits per heavy atom. The van der Waals surface area contributed by atoms with Crippen molar-refractivity contribution in [3.05, 3.63) is 29.8 Å². The molecule has 0 aliphatic carbocycles. The minimum Gasteiger partial charge on any atom is -0.350 e. The first-order chi connectivity index (χ1) is 9.02. The SMILES string of the molecule is CCN[C@H](C)CNC(=O)c1ccc(SC(F)F)cc1. The van der Waals surface area contributed by atoms with E-state index in [0.29, 0.717) is 28.8 Å². The first-order valence-electron chi connectivity index (χ1n) is 6.09.